The first-order valence-electron chi connectivity index (χ1n) is 7.37. The van der Waals surface area contributed by atoms with Crippen molar-refractivity contribution < 1.29 is 9.90 Å². The molecular weight excluding hydrogens is 280 g/mol. The Labute approximate surface area is 129 Å². The molecule has 0 bridgehead atoms. The molecule has 0 unspecified atom stereocenters. The Balaban J connectivity index is 2.01. The van der Waals surface area contributed by atoms with Crippen LogP contribution in [0, 0.1) is 6.92 Å². The number of hydrogen-bond acceptors (Lipinski definition) is 4. The van der Waals surface area contributed by atoms with Crippen molar-refractivity contribution in [2.24, 2.45) is 0 Å². The zero-order valence-electron chi connectivity index (χ0n) is 12.9. The molecule has 0 aliphatic carbocycles. The molecule has 0 radical (unpaired) electrons. The summed E-state index contributed by atoms with van der Waals surface area (Å²) in [5.74, 6) is -0.0677. The van der Waals surface area contributed by atoms with Gasteiger partial charge in [-0.2, -0.15) is 0 Å². The van der Waals surface area contributed by atoms with Crippen LogP contribution in [0.25, 0.3) is 5.69 Å². The molecule has 0 saturated carbocycles. The van der Waals surface area contributed by atoms with Gasteiger partial charge in [-0.25, -0.2) is 9.78 Å². The fourth-order valence-electron chi connectivity index (χ4n) is 2.76. The molecule has 1 aliphatic heterocycles. The summed E-state index contributed by atoms with van der Waals surface area (Å²) in [6.07, 6.45) is 3.57. The number of aromatic nitrogens is 2. The van der Waals surface area contributed by atoms with Crippen LogP contribution < -0.4 is 4.90 Å². The van der Waals surface area contributed by atoms with Crippen LogP contribution in [0.4, 0.5) is 5.69 Å². The van der Waals surface area contributed by atoms with Crippen molar-refractivity contribution in [1.82, 2.24) is 14.5 Å². The first kappa shape index (κ1) is 14.6. The first-order valence-corrected chi connectivity index (χ1v) is 7.37. The average Bonchev–Trinajstić information content (AvgIpc) is 2.93. The predicted octanol–water partition coefficient (Wildman–Crippen LogP) is 1.63. The lowest BCUT2D eigenvalue weighted by Gasteiger charge is -2.34. The molecule has 1 aromatic carbocycles. The van der Waals surface area contributed by atoms with Gasteiger partial charge in [0, 0.05) is 49.9 Å². The third kappa shape index (κ3) is 2.82. The normalized spacial score (nSPS) is 16.0. The van der Waals surface area contributed by atoms with E-state index in [1.54, 1.807) is 18.3 Å². The molecular formula is C16H20N4O2. The maximum absolute atomic E-state index is 11.4. The van der Waals surface area contributed by atoms with Crippen molar-refractivity contribution in [2.75, 3.05) is 38.1 Å². The number of rotatable bonds is 3. The van der Waals surface area contributed by atoms with Gasteiger partial charge >= 0.3 is 5.97 Å². The van der Waals surface area contributed by atoms with Crippen molar-refractivity contribution in [3.63, 3.8) is 0 Å². The maximum atomic E-state index is 11.4. The van der Waals surface area contributed by atoms with Gasteiger partial charge in [0.25, 0.3) is 0 Å². The van der Waals surface area contributed by atoms with Crippen LogP contribution in [0.2, 0.25) is 0 Å². The van der Waals surface area contributed by atoms with Crippen molar-refractivity contribution in [3.05, 3.63) is 42.0 Å². The lowest BCUT2D eigenvalue weighted by Crippen LogP contribution is -2.44. The van der Waals surface area contributed by atoms with E-state index in [0.29, 0.717) is 5.56 Å². The highest BCUT2D eigenvalue weighted by molar-refractivity contribution is 5.90. The number of imidazole rings is 1. The van der Waals surface area contributed by atoms with Gasteiger partial charge in [0.15, 0.2) is 0 Å². The van der Waals surface area contributed by atoms with Gasteiger partial charge in [0.2, 0.25) is 0 Å². The van der Waals surface area contributed by atoms with Gasteiger partial charge in [0.05, 0.1) is 5.56 Å². The van der Waals surface area contributed by atoms with Crippen molar-refractivity contribution in [1.29, 1.82) is 0 Å². The van der Waals surface area contributed by atoms with Crippen molar-refractivity contribution >= 4 is 11.7 Å². The third-order valence-corrected chi connectivity index (χ3v) is 4.12. The number of aryl methyl sites for hydroxylation is 1. The topological polar surface area (TPSA) is 61.6 Å². The molecule has 6 heteroatoms. The number of likely N-dealkylation sites (N-methyl/N-ethyl adjacent to an activating group) is 1. The number of benzene rings is 1. The number of carboxylic acids is 1. The molecule has 2 aromatic rings. The minimum atomic E-state index is -0.907. The Kier molecular flexibility index (Phi) is 3.85. The molecule has 2 heterocycles. The van der Waals surface area contributed by atoms with Crippen molar-refractivity contribution in [2.45, 2.75) is 6.92 Å². The summed E-state index contributed by atoms with van der Waals surface area (Å²) >= 11 is 0. The Hall–Kier alpha value is -2.34. The molecule has 1 fully saturated rings. The van der Waals surface area contributed by atoms with Crippen molar-refractivity contribution in [3.8, 4) is 5.69 Å². The van der Waals surface area contributed by atoms with E-state index in [1.165, 1.54) is 0 Å². The quantitative estimate of drug-likeness (QED) is 0.933. The average molecular weight is 300 g/mol. The maximum Gasteiger partial charge on any atom is 0.335 e. The fourth-order valence-corrected chi connectivity index (χ4v) is 2.76. The number of piperazine rings is 1. The second kappa shape index (κ2) is 5.81. The van der Waals surface area contributed by atoms with E-state index < -0.39 is 5.97 Å². The Morgan fingerprint density at radius 3 is 2.41 bits per heavy atom. The monoisotopic (exact) mass is 300 g/mol. The largest absolute Gasteiger partial charge is 0.478 e. The summed E-state index contributed by atoms with van der Waals surface area (Å²) in [5, 5.41) is 9.39. The van der Waals surface area contributed by atoms with Crippen LogP contribution >= 0.6 is 0 Å². The van der Waals surface area contributed by atoms with E-state index in [9.17, 15) is 9.90 Å². The lowest BCUT2D eigenvalue weighted by molar-refractivity contribution is 0.0697. The highest BCUT2D eigenvalue weighted by Crippen LogP contribution is 2.24. The van der Waals surface area contributed by atoms with Gasteiger partial charge < -0.3 is 19.5 Å². The molecule has 6 nitrogen and oxygen atoms in total. The van der Waals surface area contributed by atoms with Gasteiger partial charge in [-0.3, -0.25) is 0 Å². The number of nitrogens with zero attached hydrogens (tertiary/aromatic N) is 4. The van der Waals surface area contributed by atoms with E-state index >= 15 is 0 Å². The molecule has 3 rings (SSSR count). The van der Waals surface area contributed by atoms with E-state index in [1.807, 2.05) is 23.8 Å². The SMILES string of the molecule is Cc1nccn1-c1cc(C(=O)O)cc(N2CCN(C)CC2)c1. The molecule has 1 saturated heterocycles. The van der Waals surface area contributed by atoms with Crippen LogP contribution in [0.5, 0.6) is 0 Å². The summed E-state index contributed by atoms with van der Waals surface area (Å²) < 4.78 is 1.91. The zero-order valence-corrected chi connectivity index (χ0v) is 12.9. The Bertz CT molecular complexity index is 687. The molecule has 0 atom stereocenters. The zero-order chi connectivity index (χ0) is 15.7. The molecule has 116 valence electrons. The number of anilines is 1. The van der Waals surface area contributed by atoms with Crippen LogP contribution in [0.1, 0.15) is 16.2 Å². The fraction of sp³-hybridized carbons (Fsp3) is 0.375. The molecule has 0 spiro atoms. The van der Waals surface area contributed by atoms with Gasteiger partial charge in [-0.15, -0.1) is 0 Å². The van der Waals surface area contributed by atoms with E-state index in [-0.39, 0.29) is 0 Å². The minimum absolute atomic E-state index is 0.305. The Morgan fingerprint density at radius 1 is 1.14 bits per heavy atom. The molecule has 1 aliphatic rings. The highest BCUT2D eigenvalue weighted by Gasteiger charge is 2.17. The second-order valence-corrected chi connectivity index (χ2v) is 5.68. The smallest absolute Gasteiger partial charge is 0.335 e. The van der Waals surface area contributed by atoms with Crippen LogP contribution in [-0.4, -0.2) is 58.8 Å². The summed E-state index contributed by atoms with van der Waals surface area (Å²) in [4.78, 5) is 20.2. The number of hydrogen-bond donors (Lipinski definition) is 1. The Morgan fingerprint density at radius 2 is 1.82 bits per heavy atom. The number of carboxylic acid groups (broad SMARTS) is 1. The predicted molar refractivity (Wildman–Crippen MR) is 85.0 cm³/mol. The van der Waals surface area contributed by atoms with E-state index in [2.05, 4.69) is 21.8 Å². The van der Waals surface area contributed by atoms with Crippen LogP contribution in [-0.2, 0) is 0 Å². The summed E-state index contributed by atoms with van der Waals surface area (Å²) in [5.41, 5.74) is 2.10. The minimum Gasteiger partial charge on any atom is -0.478 e. The second-order valence-electron chi connectivity index (χ2n) is 5.68. The summed E-state index contributed by atoms with van der Waals surface area (Å²) in [6.45, 7) is 5.68. The van der Waals surface area contributed by atoms with Gasteiger partial charge in [-0.05, 0) is 32.2 Å². The van der Waals surface area contributed by atoms with Crippen LogP contribution in [0.3, 0.4) is 0 Å². The number of aromatic carboxylic acids is 1. The standard InChI is InChI=1S/C16H20N4O2/c1-12-17-3-4-20(12)15-10-13(16(21)22)9-14(11-15)19-7-5-18(2)6-8-19/h3-4,9-11H,5-8H2,1-2H3,(H,21,22). The van der Waals surface area contributed by atoms with Gasteiger partial charge in [-0.1, -0.05) is 0 Å². The third-order valence-electron chi connectivity index (χ3n) is 4.12. The molecule has 1 aromatic heterocycles. The van der Waals surface area contributed by atoms with Gasteiger partial charge in [0.1, 0.15) is 5.82 Å². The molecule has 0 amide bonds. The van der Waals surface area contributed by atoms with E-state index in [0.717, 1.165) is 43.4 Å². The number of carbonyl (C=O) groups is 1. The highest BCUT2D eigenvalue weighted by atomic mass is 16.4. The first-order chi connectivity index (χ1) is 10.5. The lowest BCUT2D eigenvalue weighted by atomic mass is 10.1. The molecule has 22 heavy (non-hydrogen) atoms. The van der Waals surface area contributed by atoms with Crippen LogP contribution in [0.15, 0.2) is 30.6 Å². The summed E-state index contributed by atoms with van der Waals surface area (Å²) in [7, 11) is 2.10. The summed E-state index contributed by atoms with van der Waals surface area (Å²) in [6, 6.07) is 5.48. The molecule has 1 N–H and O–H groups in total. The van der Waals surface area contributed by atoms with E-state index in [4.69, 9.17) is 0 Å².